The third-order valence-corrected chi connectivity index (χ3v) is 3.87. The minimum absolute atomic E-state index is 0.101. The van der Waals surface area contributed by atoms with Gasteiger partial charge in [-0.25, -0.2) is 0 Å². The summed E-state index contributed by atoms with van der Waals surface area (Å²) in [6.45, 7) is 4.34. The second kappa shape index (κ2) is 6.08. The largest absolute Gasteiger partial charge is 0.348 e. The quantitative estimate of drug-likeness (QED) is 0.777. The van der Waals surface area contributed by atoms with Crippen LogP contribution in [0.1, 0.15) is 27.3 Å². The molecule has 2 aromatic heterocycles. The Bertz CT molecular complexity index is 827. The van der Waals surface area contributed by atoms with Gasteiger partial charge in [0.15, 0.2) is 0 Å². The molecule has 6 nitrogen and oxygen atoms in total. The third-order valence-electron chi connectivity index (χ3n) is 3.87. The summed E-state index contributed by atoms with van der Waals surface area (Å²) in [6.07, 6.45) is 3.71. The monoisotopic (exact) mass is 309 g/mol. The number of aryl methyl sites for hydroxylation is 3. The first-order valence-electron chi connectivity index (χ1n) is 7.42. The van der Waals surface area contributed by atoms with E-state index in [2.05, 4.69) is 20.6 Å². The Kier molecular flexibility index (Phi) is 3.97. The van der Waals surface area contributed by atoms with Crippen molar-refractivity contribution in [2.24, 2.45) is 7.05 Å². The van der Waals surface area contributed by atoms with Gasteiger partial charge in [0, 0.05) is 42.2 Å². The van der Waals surface area contributed by atoms with E-state index in [0.717, 1.165) is 28.1 Å². The van der Waals surface area contributed by atoms with Gasteiger partial charge in [-0.15, -0.1) is 0 Å². The number of aromatic amines is 1. The first-order chi connectivity index (χ1) is 11.0. The van der Waals surface area contributed by atoms with Gasteiger partial charge < -0.3 is 5.32 Å². The zero-order valence-corrected chi connectivity index (χ0v) is 13.4. The Balaban J connectivity index is 1.75. The molecular weight excluding hydrogens is 290 g/mol. The summed E-state index contributed by atoms with van der Waals surface area (Å²) in [4.78, 5) is 12.4. The van der Waals surface area contributed by atoms with Crippen molar-refractivity contribution in [3.8, 4) is 11.1 Å². The van der Waals surface area contributed by atoms with Gasteiger partial charge in [0.05, 0.1) is 11.9 Å². The first-order valence-corrected chi connectivity index (χ1v) is 7.42. The molecular formula is C17H19N5O. The van der Waals surface area contributed by atoms with Gasteiger partial charge in [0.2, 0.25) is 0 Å². The van der Waals surface area contributed by atoms with Gasteiger partial charge in [-0.05, 0) is 31.5 Å². The fourth-order valence-corrected chi connectivity index (χ4v) is 2.52. The van der Waals surface area contributed by atoms with Crippen molar-refractivity contribution < 1.29 is 4.79 Å². The van der Waals surface area contributed by atoms with E-state index >= 15 is 0 Å². The molecule has 1 aromatic carbocycles. The number of hydrogen-bond acceptors (Lipinski definition) is 3. The van der Waals surface area contributed by atoms with E-state index in [9.17, 15) is 4.79 Å². The van der Waals surface area contributed by atoms with E-state index in [4.69, 9.17) is 0 Å². The summed E-state index contributed by atoms with van der Waals surface area (Å²) in [7, 11) is 1.87. The van der Waals surface area contributed by atoms with Crippen LogP contribution in [0.15, 0.2) is 36.7 Å². The molecule has 0 aliphatic rings. The van der Waals surface area contributed by atoms with Crippen LogP contribution in [-0.2, 0) is 13.6 Å². The summed E-state index contributed by atoms with van der Waals surface area (Å²) in [5.74, 6) is -0.101. The van der Waals surface area contributed by atoms with E-state index in [1.807, 2.05) is 51.4 Å². The maximum Gasteiger partial charge on any atom is 0.251 e. The minimum Gasteiger partial charge on any atom is -0.348 e. The molecule has 118 valence electrons. The minimum atomic E-state index is -0.101. The van der Waals surface area contributed by atoms with Crippen LogP contribution in [0.4, 0.5) is 0 Å². The van der Waals surface area contributed by atoms with Gasteiger partial charge >= 0.3 is 0 Å². The fraction of sp³-hybridized carbons (Fsp3) is 0.235. The number of carbonyl (C=O) groups excluding carboxylic acids is 1. The highest BCUT2D eigenvalue weighted by Gasteiger charge is 2.11. The molecule has 0 spiro atoms. The maximum absolute atomic E-state index is 12.4. The van der Waals surface area contributed by atoms with Crippen LogP contribution < -0.4 is 5.32 Å². The normalized spacial score (nSPS) is 10.7. The summed E-state index contributed by atoms with van der Waals surface area (Å²) in [5.41, 5.74) is 5.51. The molecule has 0 bridgehead atoms. The first kappa shape index (κ1) is 15.0. The van der Waals surface area contributed by atoms with E-state index in [0.29, 0.717) is 12.1 Å². The van der Waals surface area contributed by atoms with E-state index < -0.39 is 0 Å². The predicted octanol–water partition coefficient (Wildman–Crippen LogP) is 2.36. The van der Waals surface area contributed by atoms with Gasteiger partial charge in [0.25, 0.3) is 5.91 Å². The number of hydrogen-bond donors (Lipinski definition) is 2. The van der Waals surface area contributed by atoms with Crippen LogP contribution in [-0.4, -0.2) is 25.9 Å². The third kappa shape index (κ3) is 3.15. The number of nitrogens with zero attached hydrogens (tertiary/aromatic N) is 3. The second-order valence-corrected chi connectivity index (χ2v) is 5.58. The van der Waals surface area contributed by atoms with Crippen molar-refractivity contribution in [2.75, 3.05) is 0 Å². The Morgan fingerprint density at radius 3 is 2.78 bits per heavy atom. The SMILES string of the molecule is Cc1n[nH]c(C)c1CNC(=O)c1cccc(-c2cnn(C)c2)c1. The Labute approximate surface area is 134 Å². The van der Waals surface area contributed by atoms with Crippen LogP contribution in [0, 0.1) is 13.8 Å². The molecule has 3 rings (SSSR count). The molecule has 0 saturated heterocycles. The summed E-state index contributed by atoms with van der Waals surface area (Å²) >= 11 is 0. The topological polar surface area (TPSA) is 75.6 Å². The van der Waals surface area contributed by atoms with Crippen molar-refractivity contribution in [1.82, 2.24) is 25.3 Å². The lowest BCUT2D eigenvalue weighted by atomic mass is 10.1. The van der Waals surface area contributed by atoms with Crippen molar-refractivity contribution in [3.63, 3.8) is 0 Å². The highest BCUT2D eigenvalue weighted by Crippen LogP contribution is 2.19. The molecule has 23 heavy (non-hydrogen) atoms. The summed E-state index contributed by atoms with van der Waals surface area (Å²) < 4.78 is 1.74. The summed E-state index contributed by atoms with van der Waals surface area (Å²) in [6, 6.07) is 7.54. The average molecular weight is 309 g/mol. The van der Waals surface area contributed by atoms with Crippen molar-refractivity contribution in [1.29, 1.82) is 0 Å². The molecule has 2 heterocycles. The smallest absolute Gasteiger partial charge is 0.251 e. The van der Waals surface area contributed by atoms with Gasteiger partial charge in [-0.2, -0.15) is 10.2 Å². The molecule has 6 heteroatoms. The molecule has 0 radical (unpaired) electrons. The zero-order chi connectivity index (χ0) is 16.4. The molecule has 0 fully saturated rings. The molecule has 0 aliphatic carbocycles. The molecule has 0 atom stereocenters. The molecule has 0 saturated carbocycles. The van der Waals surface area contributed by atoms with Crippen molar-refractivity contribution in [3.05, 3.63) is 59.2 Å². The predicted molar refractivity (Wildman–Crippen MR) is 87.9 cm³/mol. The molecule has 3 aromatic rings. The van der Waals surface area contributed by atoms with Crippen LogP contribution in [0.2, 0.25) is 0 Å². The number of benzene rings is 1. The van der Waals surface area contributed by atoms with Gasteiger partial charge in [0.1, 0.15) is 0 Å². The van der Waals surface area contributed by atoms with E-state index in [1.54, 1.807) is 10.9 Å². The van der Waals surface area contributed by atoms with Crippen molar-refractivity contribution >= 4 is 5.91 Å². The van der Waals surface area contributed by atoms with E-state index in [-0.39, 0.29) is 5.91 Å². The zero-order valence-electron chi connectivity index (χ0n) is 13.4. The molecule has 0 aliphatic heterocycles. The Hall–Kier alpha value is -2.89. The highest BCUT2D eigenvalue weighted by molar-refractivity contribution is 5.95. The lowest BCUT2D eigenvalue weighted by Crippen LogP contribution is -2.23. The highest BCUT2D eigenvalue weighted by atomic mass is 16.1. The molecule has 2 N–H and O–H groups in total. The second-order valence-electron chi connectivity index (χ2n) is 5.58. The summed E-state index contributed by atoms with van der Waals surface area (Å²) in [5, 5.41) is 14.2. The van der Waals surface area contributed by atoms with Crippen LogP contribution in [0.25, 0.3) is 11.1 Å². The number of aromatic nitrogens is 4. The Morgan fingerprint density at radius 1 is 1.30 bits per heavy atom. The van der Waals surface area contributed by atoms with Crippen molar-refractivity contribution in [2.45, 2.75) is 20.4 Å². The van der Waals surface area contributed by atoms with Crippen LogP contribution >= 0.6 is 0 Å². The fourth-order valence-electron chi connectivity index (χ4n) is 2.52. The number of amides is 1. The van der Waals surface area contributed by atoms with Gasteiger partial charge in [-0.1, -0.05) is 12.1 Å². The average Bonchev–Trinajstić information content (AvgIpc) is 3.12. The van der Waals surface area contributed by atoms with E-state index in [1.165, 1.54) is 0 Å². The van der Waals surface area contributed by atoms with Crippen LogP contribution in [0.3, 0.4) is 0 Å². The lowest BCUT2D eigenvalue weighted by molar-refractivity contribution is 0.0951. The number of carbonyl (C=O) groups is 1. The molecule has 1 amide bonds. The number of rotatable bonds is 4. The standard InChI is InChI=1S/C17H19N5O/c1-11-16(12(2)21-20-11)9-18-17(23)14-6-4-5-13(7-14)15-8-19-22(3)10-15/h4-8,10H,9H2,1-3H3,(H,18,23)(H,20,21). The van der Waals surface area contributed by atoms with Crippen LogP contribution in [0.5, 0.6) is 0 Å². The Morgan fingerprint density at radius 2 is 2.13 bits per heavy atom. The maximum atomic E-state index is 12.4. The molecule has 0 unspecified atom stereocenters. The number of H-pyrrole nitrogens is 1. The number of nitrogens with one attached hydrogen (secondary N) is 2. The lowest BCUT2D eigenvalue weighted by Gasteiger charge is -2.07. The van der Waals surface area contributed by atoms with Gasteiger partial charge in [-0.3, -0.25) is 14.6 Å².